The molecule has 0 unspecified atom stereocenters. The van der Waals surface area contributed by atoms with Crippen LogP contribution in [0.1, 0.15) is 5.69 Å². The fourth-order valence-corrected chi connectivity index (χ4v) is 1.71. The predicted octanol–water partition coefficient (Wildman–Crippen LogP) is 2.06. The summed E-state index contributed by atoms with van der Waals surface area (Å²) in [5.74, 6) is 0.688. The van der Waals surface area contributed by atoms with E-state index in [0.29, 0.717) is 17.0 Å². The third kappa shape index (κ3) is 2.15. The molecule has 2 rings (SSSR count). The fraction of sp³-hybridized carbons (Fsp3) is 0.154. The lowest BCUT2D eigenvalue weighted by atomic mass is 10.1. The van der Waals surface area contributed by atoms with Crippen molar-refractivity contribution in [2.45, 2.75) is 6.92 Å². The van der Waals surface area contributed by atoms with Crippen LogP contribution in [0.4, 0.5) is 0 Å². The van der Waals surface area contributed by atoms with Gasteiger partial charge in [-0.15, -0.1) is 0 Å². The topological polar surface area (TPSA) is 62.3 Å². The highest BCUT2D eigenvalue weighted by molar-refractivity contribution is 5.69. The average Bonchev–Trinajstić information content (AvgIpc) is 2.28. The number of aryl methyl sites for hydroxylation is 1. The summed E-state index contributed by atoms with van der Waals surface area (Å²) in [7, 11) is 1.57. The van der Waals surface area contributed by atoms with E-state index in [1.165, 1.54) is 6.07 Å². The van der Waals surface area contributed by atoms with E-state index in [2.05, 4.69) is 4.98 Å². The van der Waals surface area contributed by atoms with Gasteiger partial charge in [0, 0.05) is 5.69 Å². The third-order valence-corrected chi connectivity index (χ3v) is 2.53. The fourth-order valence-electron chi connectivity index (χ4n) is 1.71. The second-order valence-corrected chi connectivity index (χ2v) is 3.77. The molecule has 0 saturated carbocycles. The Balaban J connectivity index is 2.56. The van der Waals surface area contributed by atoms with E-state index in [-0.39, 0.29) is 16.9 Å². The van der Waals surface area contributed by atoms with E-state index >= 15 is 0 Å². The van der Waals surface area contributed by atoms with Crippen LogP contribution in [0.15, 0.2) is 35.1 Å². The number of nitrogens with one attached hydrogen (secondary N) is 1. The number of hydrogen-bond donors (Lipinski definition) is 2. The zero-order chi connectivity index (χ0) is 12.4. The molecular weight excluding hydrogens is 218 g/mol. The first kappa shape index (κ1) is 11.3. The molecule has 4 nitrogen and oxygen atoms in total. The van der Waals surface area contributed by atoms with Crippen LogP contribution in [0.3, 0.4) is 0 Å². The van der Waals surface area contributed by atoms with Crippen LogP contribution < -0.4 is 10.3 Å². The number of hydrogen-bond acceptors (Lipinski definition) is 3. The Morgan fingerprint density at radius 3 is 2.41 bits per heavy atom. The number of benzene rings is 1. The van der Waals surface area contributed by atoms with Crippen molar-refractivity contribution in [2.24, 2.45) is 0 Å². The quantitative estimate of drug-likeness (QED) is 0.831. The highest BCUT2D eigenvalue weighted by atomic mass is 16.5. The van der Waals surface area contributed by atoms with E-state index in [0.717, 1.165) is 0 Å². The summed E-state index contributed by atoms with van der Waals surface area (Å²) >= 11 is 0. The molecule has 1 heterocycles. The minimum absolute atomic E-state index is 0.0172. The van der Waals surface area contributed by atoms with E-state index < -0.39 is 0 Å². The first-order chi connectivity index (χ1) is 8.11. The molecule has 0 aliphatic rings. The van der Waals surface area contributed by atoms with Crippen molar-refractivity contribution in [3.63, 3.8) is 0 Å². The summed E-state index contributed by atoms with van der Waals surface area (Å²) in [4.78, 5) is 14.4. The molecule has 0 spiro atoms. The zero-order valence-corrected chi connectivity index (χ0v) is 9.65. The van der Waals surface area contributed by atoms with Gasteiger partial charge in [0.25, 0.3) is 5.56 Å². The second-order valence-electron chi connectivity index (χ2n) is 3.77. The van der Waals surface area contributed by atoms with Crippen molar-refractivity contribution in [1.82, 2.24) is 4.98 Å². The monoisotopic (exact) mass is 231 g/mol. The summed E-state index contributed by atoms with van der Waals surface area (Å²) in [5, 5.41) is 9.80. The van der Waals surface area contributed by atoms with Gasteiger partial charge in [-0.2, -0.15) is 0 Å². The lowest BCUT2D eigenvalue weighted by molar-refractivity contribution is 0.415. The minimum Gasteiger partial charge on any atom is -0.507 e. The first-order valence-corrected chi connectivity index (χ1v) is 5.19. The molecule has 0 radical (unpaired) electrons. The Kier molecular flexibility index (Phi) is 2.87. The van der Waals surface area contributed by atoms with E-state index in [4.69, 9.17) is 4.74 Å². The Bertz CT molecular complexity index is 585. The molecular formula is C13H13NO3. The van der Waals surface area contributed by atoms with Crippen LogP contribution in [-0.4, -0.2) is 17.2 Å². The largest absolute Gasteiger partial charge is 0.507 e. The molecule has 4 heteroatoms. The molecule has 88 valence electrons. The number of rotatable bonds is 2. The molecule has 1 aromatic heterocycles. The predicted molar refractivity (Wildman–Crippen MR) is 65.5 cm³/mol. The Labute approximate surface area is 98.5 Å². The summed E-state index contributed by atoms with van der Waals surface area (Å²) < 4.78 is 5.04. The molecule has 0 bridgehead atoms. The van der Waals surface area contributed by atoms with Crippen molar-refractivity contribution < 1.29 is 9.84 Å². The first-order valence-electron chi connectivity index (χ1n) is 5.19. The van der Waals surface area contributed by atoms with E-state index in [9.17, 15) is 9.90 Å². The SMILES string of the molecule is COc1ccc(-c2c(O)cc(C)[nH]c2=O)cc1. The van der Waals surface area contributed by atoms with Crippen LogP contribution >= 0.6 is 0 Å². The molecule has 2 aromatic rings. The number of aromatic hydroxyl groups is 1. The molecule has 2 N–H and O–H groups in total. The van der Waals surface area contributed by atoms with Crippen LogP contribution in [0.25, 0.3) is 11.1 Å². The number of methoxy groups -OCH3 is 1. The lowest BCUT2D eigenvalue weighted by Gasteiger charge is -2.06. The van der Waals surface area contributed by atoms with Gasteiger partial charge in [0.05, 0.1) is 12.7 Å². The summed E-state index contributed by atoms with van der Waals surface area (Å²) in [6.07, 6.45) is 0. The molecule has 0 fully saturated rings. The molecule has 0 saturated heterocycles. The van der Waals surface area contributed by atoms with Crippen molar-refractivity contribution in [1.29, 1.82) is 0 Å². The van der Waals surface area contributed by atoms with Gasteiger partial charge in [-0.3, -0.25) is 4.79 Å². The number of ether oxygens (including phenoxy) is 1. The Morgan fingerprint density at radius 1 is 1.24 bits per heavy atom. The summed E-state index contributed by atoms with van der Waals surface area (Å²) in [6, 6.07) is 8.49. The van der Waals surface area contributed by atoms with Crippen LogP contribution in [-0.2, 0) is 0 Å². The third-order valence-electron chi connectivity index (χ3n) is 2.53. The van der Waals surface area contributed by atoms with Gasteiger partial charge in [-0.1, -0.05) is 12.1 Å². The van der Waals surface area contributed by atoms with Crippen molar-refractivity contribution in [3.8, 4) is 22.6 Å². The molecule has 0 aliphatic carbocycles. The molecule has 1 aromatic carbocycles. The smallest absolute Gasteiger partial charge is 0.259 e. The molecule has 0 amide bonds. The number of pyridine rings is 1. The van der Waals surface area contributed by atoms with Gasteiger partial charge in [-0.05, 0) is 30.7 Å². The van der Waals surface area contributed by atoms with Crippen LogP contribution in [0.2, 0.25) is 0 Å². The maximum atomic E-state index is 11.8. The number of aromatic amines is 1. The summed E-state index contributed by atoms with van der Waals surface area (Å²) in [5.41, 5.74) is 1.26. The van der Waals surface area contributed by atoms with Gasteiger partial charge >= 0.3 is 0 Å². The second kappa shape index (κ2) is 4.33. The standard InChI is InChI=1S/C13H13NO3/c1-8-7-11(15)12(13(16)14-8)9-3-5-10(17-2)6-4-9/h3-7H,1-2H3,(H2,14,15,16). The van der Waals surface area contributed by atoms with Gasteiger partial charge < -0.3 is 14.8 Å². The van der Waals surface area contributed by atoms with Gasteiger partial charge in [0.2, 0.25) is 0 Å². The Hall–Kier alpha value is -2.23. The average molecular weight is 231 g/mol. The highest BCUT2D eigenvalue weighted by Gasteiger charge is 2.09. The number of H-pyrrole nitrogens is 1. The van der Waals surface area contributed by atoms with Gasteiger partial charge in [0.15, 0.2) is 0 Å². The van der Waals surface area contributed by atoms with E-state index in [1.54, 1.807) is 38.3 Å². The summed E-state index contributed by atoms with van der Waals surface area (Å²) in [6.45, 7) is 1.72. The normalized spacial score (nSPS) is 10.2. The van der Waals surface area contributed by atoms with Crippen LogP contribution in [0, 0.1) is 6.92 Å². The van der Waals surface area contributed by atoms with Gasteiger partial charge in [-0.25, -0.2) is 0 Å². The van der Waals surface area contributed by atoms with Crippen molar-refractivity contribution in [2.75, 3.05) is 7.11 Å². The number of aromatic nitrogens is 1. The highest BCUT2D eigenvalue weighted by Crippen LogP contribution is 2.26. The maximum Gasteiger partial charge on any atom is 0.259 e. The van der Waals surface area contributed by atoms with Crippen molar-refractivity contribution >= 4 is 0 Å². The zero-order valence-electron chi connectivity index (χ0n) is 9.65. The molecule has 0 atom stereocenters. The molecule has 17 heavy (non-hydrogen) atoms. The van der Waals surface area contributed by atoms with Crippen molar-refractivity contribution in [3.05, 3.63) is 46.4 Å². The minimum atomic E-state index is -0.298. The van der Waals surface area contributed by atoms with E-state index in [1.807, 2.05) is 0 Å². The van der Waals surface area contributed by atoms with Gasteiger partial charge in [0.1, 0.15) is 11.5 Å². The molecule has 0 aliphatic heterocycles. The Morgan fingerprint density at radius 2 is 1.88 bits per heavy atom. The maximum absolute atomic E-state index is 11.8. The van der Waals surface area contributed by atoms with Crippen LogP contribution in [0.5, 0.6) is 11.5 Å². The lowest BCUT2D eigenvalue weighted by Crippen LogP contribution is -2.10.